The summed E-state index contributed by atoms with van der Waals surface area (Å²) in [6.45, 7) is 6.62. The van der Waals surface area contributed by atoms with Crippen molar-refractivity contribution in [3.63, 3.8) is 0 Å². The monoisotopic (exact) mass is 380 g/mol. The van der Waals surface area contributed by atoms with Gasteiger partial charge in [0.25, 0.3) is 0 Å². The number of benzene rings is 2. The zero-order chi connectivity index (χ0) is 19.1. The molecule has 0 saturated carbocycles. The van der Waals surface area contributed by atoms with E-state index in [0.29, 0.717) is 6.54 Å². The number of fused-ring (bicyclic) bond motifs is 1. The van der Waals surface area contributed by atoms with Gasteiger partial charge in [0.05, 0.1) is 5.75 Å². The minimum Gasteiger partial charge on any atom is -0.325 e. The molecule has 140 valence electrons. The number of anilines is 1. The van der Waals surface area contributed by atoms with Gasteiger partial charge in [0.15, 0.2) is 5.16 Å². The third kappa shape index (κ3) is 4.98. The normalized spacial score (nSPS) is 10.9. The Morgan fingerprint density at radius 2 is 2.04 bits per heavy atom. The van der Waals surface area contributed by atoms with Crippen molar-refractivity contribution in [1.82, 2.24) is 14.8 Å². The van der Waals surface area contributed by atoms with Crippen LogP contribution in [0.5, 0.6) is 0 Å². The van der Waals surface area contributed by atoms with E-state index in [9.17, 15) is 4.79 Å². The largest absolute Gasteiger partial charge is 0.325 e. The lowest BCUT2D eigenvalue weighted by atomic mass is 10.1. The Morgan fingerprint density at radius 3 is 2.81 bits per heavy atom. The van der Waals surface area contributed by atoms with Crippen molar-refractivity contribution in [3.8, 4) is 0 Å². The first-order valence-corrected chi connectivity index (χ1v) is 10.1. The summed E-state index contributed by atoms with van der Waals surface area (Å²) in [6.07, 6.45) is 4.90. The average molecular weight is 381 g/mol. The van der Waals surface area contributed by atoms with Gasteiger partial charge in [-0.15, -0.1) is 16.8 Å². The molecule has 1 heterocycles. The number of amides is 1. The third-order valence-electron chi connectivity index (χ3n) is 4.22. The van der Waals surface area contributed by atoms with Gasteiger partial charge in [-0.2, -0.15) is 0 Å². The van der Waals surface area contributed by atoms with E-state index in [-0.39, 0.29) is 11.7 Å². The predicted molar refractivity (Wildman–Crippen MR) is 112 cm³/mol. The lowest BCUT2D eigenvalue weighted by Crippen LogP contribution is -2.14. The number of unbranched alkanes of at least 4 members (excludes halogenated alkanes) is 1. The topological polar surface area (TPSA) is 59.8 Å². The van der Waals surface area contributed by atoms with Crippen LogP contribution >= 0.6 is 11.8 Å². The molecule has 0 fully saturated rings. The number of nitrogens with one attached hydrogen (secondary N) is 1. The number of rotatable bonds is 9. The minimum absolute atomic E-state index is 0.0569. The number of aromatic nitrogens is 3. The van der Waals surface area contributed by atoms with Crippen LogP contribution in [0.2, 0.25) is 0 Å². The molecule has 0 unspecified atom stereocenters. The van der Waals surface area contributed by atoms with Crippen LogP contribution in [0.15, 0.2) is 60.3 Å². The van der Waals surface area contributed by atoms with Crippen LogP contribution < -0.4 is 5.32 Å². The SMILES string of the molecule is C=CCn1c(CCCC)nnc1SCC(=O)Nc1ccc2ccccc2c1. The van der Waals surface area contributed by atoms with Crippen molar-refractivity contribution in [2.45, 2.75) is 37.9 Å². The summed E-state index contributed by atoms with van der Waals surface area (Å²) >= 11 is 1.40. The number of thioether (sulfide) groups is 1. The van der Waals surface area contributed by atoms with E-state index in [0.717, 1.165) is 46.7 Å². The highest BCUT2D eigenvalue weighted by Crippen LogP contribution is 2.21. The molecule has 27 heavy (non-hydrogen) atoms. The van der Waals surface area contributed by atoms with Gasteiger partial charge >= 0.3 is 0 Å². The number of carbonyl (C=O) groups excluding carboxylic acids is 1. The van der Waals surface area contributed by atoms with E-state index in [1.54, 1.807) is 0 Å². The molecule has 0 aliphatic carbocycles. The lowest BCUT2D eigenvalue weighted by molar-refractivity contribution is -0.113. The molecule has 1 aromatic heterocycles. The molecule has 1 amide bonds. The van der Waals surface area contributed by atoms with Crippen LogP contribution in [0.3, 0.4) is 0 Å². The molecule has 1 N–H and O–H groups in total. The van der Waals surface area contributed by atoms with Crippen LogP contribution in [0, 0.1) is 0 Å². The lowest BCUT2D eigenvalue weighted by Gasteiger charge is -2.08. The first-order chi connectivity index (χ1) is 13.2. The Labute approximate surface area is 163 Å². The van der Waals surface area contributed by atoms with Crippen molar-refractivity contribution >= 4 is 34.1 Å². The average Bonchev–Trinajstić information content (AvgIpc) is 3.06. The molecule has 0 spiro atoms. The fourth-order valence-electron chi connectivity index (χ4n) is 2.85. The fourth-order valence-corrected chi connectivity index (χ4v) is 3.62. The molecular formula is C21H24N4OS. The second-order valence-corrected chi connectivity index (χ2v) is 7.24. The number of nitrogens with zero attached hydrogens (tertiary/aromatic N) is 3. The standard InChI is InChI=1S/C21H24N4OS/c1-3-5-10-19-23-24-21(25(19)13-4-2)27-15-20(26)22-18-12-11-16-8-6-7-9-17(16)14-18/h4,6-9,11-12,14H,2-3,5,10,13,15H2,1H3,(H,22,26). The molecule has 2 aromatic carbocycles. The molecule has 6 heteroatoms. The van der Waals surface area contributed by atoms with Gasteiger partial charge in [0.2, 0.25) is 5.91 Å². The van der Waals surface area contributed by atoms with Crippen molar-refractivity contribution in [1.29, 1.82) is 0 Å². The minimum atomic E-state index is -0.0569. The van der Waals surface area contributed by atoms with Crippen LogP contribution in [0.4, 0.5) is 5.69 Å². The number of hydrogen-bond donors (Lipinski definition) is 1. The summed E-state index contributed by atoms with van der Waals surface area (Å²) in [7, 11) is 0. The van der Waals surface area contributed by atoms with E-state index >= 15 is 0 Å². The van der Waals surface area contributed by atoms with Crippen LogP contribution in [-0.2, 0) is 17.8 Å². The van der Waals surface area contributed by atoms with Crippen molar-refractivity contribution < 1.29 is 4.79 Å². The van der Waals surface area contributed by atoms with Gasteiger partial charge in [-0.1, -0.05) is 61.5 Å². The van der Waals surface area contributed by atoms with E-state index in [1.807, 2.05) is 47.0 Å². The number of carbonyl (C=O) groups is 1. The second-order valence-electron chi connectivity index (χ2n) is 6.30. The number of hydrogen-bond acceptors (Lipinski definition) is 4. The molecule has 0 saturated heterocycles. The fraction of sp³-hybridized carbons (Fsp3) is 0.286. The van der Waals surface area contributed by atoms with E-state index < -0.39 is 0 Å². The third-order valence-corrected chi connectivity index (χ3v) is 5.19. The van der Waals surface area contributed by atoms with Crippen LogP contribution in [-0.4, -0.2) is 26.4 Å². The quantitative estimate of drug-likeness (QED) is 0.432. The smallest absolute Gasteiger partial charge is 0.234 e. The van der Waals surface area contributed by atoms with E-state index in [4.69, 9.17) is 0 Å². The van der Waals surface area contributed by atoms with Gasteiger partial charge < -0.3 is 9.88 Å². The molecule has 3 rings (SSSR count). The summed E-state index contributed by atoms with van der Waals surface area (Å²) in [6, 6.07) is 14.0. The van der Waals surface area contributed by atoms with Crippen molar-refractivity contribution in [3.05, 3.63) is 60.9 Å². The van der Waals surface area contributed by atoms with Crippen LogP contribution in [0.1, 0.15) is 25.6 Å². The van der Waals surface area contributed by atoms with Gasteiger partial charge in [-0.25, -0.2) is 0 Å². The van der Waals surface area contributed by atoms with E-state index in [2.05, 4.69) is 35.1 Å². The summed E-state index contributed by atoms with van der Waals surface area (Å²) in [5.41, 5.74) is 0.801. The Hall–Kier alpha value is -2.60. The Bertz CT molecular complexity index is 935. The molecule has 3 aromatic rings. The molecule has 0 bridgehead atoms. The first-order valence-electron chi connectivity index (χ1n) is 9.15. The Morgan fingerprint density at radius 1 is 1.22 bits per heavy atom. The molecular weight excluding hydrogens is 356 g/mol. The van der Waals surface area contributed by atoms with Gasteiger partial charge in [-0.3, -0.25) is 4.79 Å². The zero-order valence-electron chi connectivity index (χ0n) is 15.5. The highest BCUT2D eigenvalue weighted by molar-refractivity contribution is 7.99. The van der Waals surface area contributed by atoms with Crippen LogP contribution in [0.25, 0.3) is 10.8 Å². The van der Waals surface area contributed by atoms with Crippen molar-refractivity contribution in [2.24, 2.45) is 0 Å². The summed E-state index contributed by atoms with van der Waals surface area (Å²) in [5.74, 6) is 1.18. The molecule has 0 aliphatic rings. The van der Waals surface area contributed by atoms with Gasteiger partial charge in [0, 0.05) is 18.7 Å². The van der Waals surface area contributed by atoms with E-state index in [1.165, 1.54) is 11.8 Å². The Kier molecular flexibility index (Phi) is 6.65. The molecule has 5 nitrogen and oxygen atoms in total. The first kappa shape index (κ1) is 19.2. The van der Waals surface area contributed by atoms with Gasteiger partial charge in [-0.05, 0) is 29.3 Å². The number of aryl methyl sites for hydroxylation is 1. The summed E-state index contributed by atoms with van der Waals surface area (Å²) in [4.78, 5) is 12.4. The Balaban J connectivity index is 1.62. The molecule has 0 atom stereocenters. The predicted octanol–water partition coefficient (Wildman–Crippen LogP) is 4.69. The highest BCUT2D eigenvalue weighted by atomic mass is 32.2. The second kappa shape index (κ2) is 9.37. The molecule has 0 aliphatic heterocycles. The van der Waals surface area contributed by atoms with Gasteiger partial charge in [0.1, 0.15) is 5.82 Å². The number of allylic oxidation sites excluding steroid dienone is 1. The van der Waals surface area contributed by atoms with Crippen molar-refractivity contribution in [2.75, 3.05) is 11.1 Å². The summed E-state index contributed by atoms with van der Waals surface area (Å²) in [5, 5.41) is 14.5. The maximum Gasteiger partial charge on any atom is 0.234 e. The maximum absolute atomic E-state index is 12.4. The maximum atomic E-state index is 12.4. The zero-order valence-corrected chi connectivity index (χ0v) is 16.3. The molecule has 0 radical (unpaired) electrons. The summed E-state index contributed by atoms with van der Waals surface area (Å²) < 4.78 is 2.04. The highest BCUT2D eigenvalue weighted by Gasteiger charge is 2.13.